The molecular weight excluding hydrogens is 426 g/mol. The van der Waals surface area contributed by atoms with Gasteiger partial charge in [0.2, 0.25) is 5.91 Å². The molecule has 2 aromatic rings. The number of nitrogens with zero attached hydrogens (tertiary/aromatic N) is 4. The van der Waals surface area contributed by atoms with Gasteiger partial charge in [-0.3, -0.25) is 4.79 Å². The molecule has 0 spiro atoms. The van der Waals surface area contributed by atoms with Crippen LogP contribution in [0.3, 0.4) is 0 Å². The number of halogens is 1. The van der Waals surface area contributed by atoms with E-state index in [2.05, 4.69) is 20.2 Å². The number of hydrogen-bond acceptors (Lipinski definition) is 6. The molecule has 1 aliphatic carbocycles. The Labute approximate surface area is 204 Å². The van der Waals surface area contributed by atoms with E-state index in [0.29, 0.717) is 48.9 Å². The highest BCUT2D eigenvalue weighted by Gasteiger charge is 2.35. The van der Waals surface area contributed by atoms with E-state index >= 15 is 0 Å². The lowest BCUT2D eigenvalue weighted by Crippen LogP contribution is -2.51. The highest BCUT2D eigenvalue weighted by molar-refractivity contribution is 6.30. The summed E-state index contributed by atoms with van der Waals surface area (Å²) in [4.78, 5) is 26.2. The number of anilines is 1. The van der Waals surface area contributed by atoms with Crippen molar-refractivity contribution in [1.29, 1.82) is 0 Å². The van der Waals surface area contributed by atoms with Gasteiger partial charge in [-0.05, 0) is 30.0 Å². The van der Waals surface area contributed by atoms with Crippen molar-refractivity contribution < 1.29 is 19.5 Å². The van der Waals surface area contributed by atoms with E-state index in [1.54, 1.807) is 29.2 Å². The normalized spacial score (nSPS) is 26.0. The number of carbonyl (C=O) groups is 1. The number of piperazine rings is 1. The maximum Gasteiger partial charge on any atom is 0.231 e. The fourth-order valence-corrected chi connectivity index (χ4v) is 4.69. The van der Waals surface area contributed by atoms with Crippen LogP contribution < -0.4 is 10.2 Å². The number of aromatic nitrogens is 2. The second kappa shape index (κ2) is 9.73. The van der Waals surface area contributed by atoms with Crippen molar-refractivity contribution >= 4 is 23.3 Å². The largest absolute Gasteiger partial charge is 0.387 e. The number of carbonyl (C=O) groups excluding carboxylic acids is 1. The summed E-state index contributed by atoms with van der Waals surface area (Å²) in [5.74, 6) is -0.407. The fourth-order valence-electron chi connectivity index (χ4n) is 4.56. The molecule has 172 valence electrons. The Bertz CT molecular complexity index is 1170. The van der Waals surface area contributed by atoms with Crippen molar-refractivity contribution in [3.05, 3.63) is 52.4 Å². The highest BCUT2D eigenvalue weighted by Crippen LogP contribution is 2.42. The zero-order chi connectivity index (χ0) is 28.8. The molecule has 0 saturated carbocycles. The van der Waals surface area contributed by atoms with E-state index in [1.165, 1.54) is 6.33 Å². The first-order valence-corrected chi connectivity index (χ1v) is 11.1. The van der Waals surface area contributed by atoms with Gasteiger partial charge in [0.15, 0.2) is 0 Å². The van der Waals surface area contributed by atoms with Crippen LogP contribution in [-0.4, -0.2) is 64.6 Å². The Kier molecular flexibility index (Phi) is 4.74. The molecule has 1 amide bonds. The minimum atomic E-state index is -3.17. The molecule has 8 heteroatoms. The molecule has 1 aromatic carbocycles. The molecule has 1 fully saturated rings. The number of amides is 1. The third-order valence-corrected chi connectivity index (χ3v) is 6.48. The SMILES string of the molecule is [2H]C([2H])([2H])C([2H])(NC[C@@H](C(=O)N1CCN(c2ncnc3c2[C@H](C)C[C@H]3O)CC1)c1ccc(Cl)cc1)C([2H])([2H])[2H]. The molecule has 32 heavy (non-hydrogen) atoms. The summed E-state index contributed by atoms with van der Waals surface area (Å²) < 4.78 is 54.4. The monoisotopic (exact) mass is 464 g/mol. The molecule has 7 nitrogen and oxygen atoms in total. The number of nitrogens with one attached hydrogen (secondary N) is 1. The standard InChI is InChI=1S/C24H32ClN5O2/c1-15(2)26-13-19(17-4-6-18(25)7-5-17)24(32)30-10-8-29(9-11-30)23-21-16(3)12-20(31)22(21)27-14-28-23/h4-7,14-16,19-20,26,31H,8-13H2,1-3H3/t16-,19-,20-/m1/s1/i1D3,2D3,15D. The fraction of sp³-hybridized carbons (Fsp3) is 0.542. The Balaban J connectivity index is 1.53. The minimum absolute atomic E-state index is 0.104. The maximum absolute atomic E-state index is 13.8. The van der Waals surface area contributed by atoms with Crippen LogP contribution in [0.15, 0.2) is 30.6 Å². The number of aliphatic hydroxyl groups excluding tert-OH is 1. The molecular formula is C24H32ClN5O2. The lowest BCUT2D eigenvalue weighted by Gasteiger charge is -2.38. The van der Waals surface area contributed by atoms with Crippen LogP contribution in [0.5, 0.6) is 0 Å². The minimum Gasteiger partial charge on any atom is -0.387 e. The molecule has 2 N–H and O–H groups in total. The van der Waals surface area contributed by atoms with E-state index in [0.717, 1.165) is 11.4 Å². The molecule has 1 saturated heterocycles. The summed E-state index contributed by atoms with van der Waals surface area (Å²) in [7, 11) is 0. The summed E-state index contributed by atoms with van der Waals surface area (Å²) in [5, 5.41) is 13.2. The van der Waals surface area contributed by atoms with Crippen LogP contribution in [0.2, 0.25) is 5.02 Å². The van der Waals surface area contributed by atoms with Gasteiger partial charge in [0.25, 0.3) is 0 Å². The maximum atomic E-state index is 13.8. The molecule has 3 atom stereocenters. The van der Waals surface area contributed by atoms with Crippen LogP contribution in [0, 0.1) is 0 Å². The first-order valence-electron chi connectivity index (χ1n) is 14.2. The van der Waals surface area contributed by atoms with Crippen LogP contribution in [0.1, 0.15) is 71.4 Å². The lowest BCUT2D eigenvalue weighted by molar-refractivity contribution is -0.133. The van der Waals surface area contributed by atoms with Gasteiger partial charge in [-0.15, -0.1) is 0 Å². The molecule has 0 bridgehead atoms. The Morgan fingerprint density at radius 3 is 2.69 bits per heavy atom. The topological polar surface area (TPSA) is 81.6 Å². The first kappa shape index (κ1) is 15.6. The Morgan fingerprint density at radius 1 is 1.28 bits per heavy atom. The third kappa shape index (κ3) is 4.75. The first-order chi connectivity index (χ1) is 18.1. The summed E-state index contributed by atoms with van der Waals surface area (Å²) in [6.07, 6.45) is 1.40. The van der Waals surface area contributed by atoms with E-state index in [9.17, 15) is 9.90 Å². The molecule has 1 aromatic heterocycles. The van der Waals surface area contributed by atoms with Crippen LogP contribution in [-0.2, 0) is 4.79 Å². The number of rotatable bonds is 6. The number of hydrogen-bond donors (Lipinski definition) is 2. The van der Waals surface area contributed by atoms with Crippen molar-refractivity contribution in [2.24, 2.45) is 0 Å². The molecule has 0 unspecified atom stereocenters. The third-order valence-electron chi connectivity index (χ3n) is 6.22. The summed E-state index contributed by atoms with van der Waals surface area (Å²) in [6, 6.07) is 3.51. The van der Waals surface area contributed by atoms with Gasteiger partial charge in [0.05, 0.1) is 17.7 Å². The predicted molar refractivity (Wildman–Crippen MR) is 126 cm³/mol. The lowest BCUT2D eigenvalue weighted by atomic mass is 9.96. The summed E-state index contributed by atoms with van der Waals surface area (Å²) in [6.45, 7) is -3.02. The van der Waals surface area contributed by atoms with Crippen molar-refractivity contribution in [2.75, 3.05) is 37.6 Å². The zero-order valence-corrected chi connectivity index (χ0v) is 18.6. The van der Waals surface area contributed by atoms with Gasteiger partial charge < -0.3 is 20.2 Å². The van der Waals surface area contributed by atoms with E-state index in [-0.39, 0.29) is 18.4 Å². The van der Waals surface area contributed by atoms with Crippen molar-refractivity contribution in [2.45, 2.75) is 51.0 Å². The van der Waals surface area contributed by atoms with Crippen LogP contribution >= 0.6 is 11.6 Å². The summed E-state index contributed by atoms with van der Waals surface area (Å²) in [5.41, 5.74) is 2.09. The predicted octanol–water partition coefficient (Wildman–Crippen LogP) is 3.10. The van der Waals surface area contributed by atoms with Gasteiger partial charge in [-0.1, -0.05) is 44.4 Å². The second-order valence-corrected chi connectivity index (χ2v) is 8.76. The number of benzene rings is 1. The van der Waals surface area contributed by atoms with Crippen molar-refractivity contribution in [3.8, 4) is 0 Å². The van der Waals surface area contributed by atoms with Gasteiger partial charge >= 0.3 is 0 Å². The smallest absolute Gasteiger partial charge is 0.231 e. The molecule has 4 rings (SSSR count). The average Bonchev–Trinajstić information content (AvgIpc) is 3.17. The van der Waals surface area contributed by atoms with E-state index in [1.807, 2.05) is 6.92 Å². The van der Waals surface area contributed by atoms with Gasteiger partial charge in [-0.2, -0.15) is 0 Å². The second-order valence-electron chi connectivity index (χ2n) is 8.32. The Morgan fingerprint density at radius 2 is 2.00 bits per heavy atom. The number of fused-ring (bicyclic) bond motifs is 1. The van der Waals surface area contributed by atoms with Crippen molar-refractivity contribution in [1.82, 2.24) is 20.2 Å². The van der Waals surface area contributed by atoms with Gasteiger partial charge in [0, 0.05) is 58.9 Å². The molecule has 0 radical (unpaired) electrons. The Hall–Kier alpha value is -2.22. The van der Waals surface area contributed by atoms with E-state index < -0.39 is 31.7 Å². The van der Waals surface area contributed by atoms with Gasteiger partial charge in [0.1, 0.15) is 12.1 Å². The van der Waals surface area contributed by atoms with Crippen LogP contribution in [0.25, 0.3) is 0 Å². The highest BCUT2D eigenvalue weighted by atomic mass is 35.5. The van der Waals surface area contributed by atoms with Gasteiger partial charge in [-0.25, -0.2) is 9.97 Å². The van der Waals surface area contributed by atoms with E-state index in [4.69, 9.17) is 21.2 Å². The number of aliphatic hydroxyl groups is 1. The van der Waals surface area contributed by atoms with Crippen molar-refractivity contribution in [3.63, 3.8) is 0 Å². The van der Waals surface area contributed by atoms with Crippen LogP contribution in [0.4, 0.5) is 5.82 Å². The molecule has 2 heterocycles. The molecule has 2 aliphatic rings. The zero-order valence-electron chi connectivity index (χ0n) is 24.9. The average molecular weight is 465 g/mol. The quantitative estimate of drug-likeness (QED) is 0.683. The molecule has 1 aliphatic heterocycles. The summed E-state index contributed by atoms with van der Waals surface area (Å²) >= 11 is 6.03.